The minimum Gasteiger partial charge on any atom is -0.354 e. The van der Waals surface area contributed by atoms with Gasteiger partial charge in [0.25, 0.3) is 0 Å². The molecule has 0 aromatic heterocycles. The van der Waals surface area contributed by atoms with Crippen molar-refractivity contribution in [3.8, 4) is 6.07 Å². The highest BCUT2D eigenvalue weighted by molar-refractivity contribution is 7.89. The topological polar surface area (TPSA) is 93.5 Å². The van der Waals surface area contributed by atoms with Crippen LogP contribution in [0.5, 0.6) is 0 Å². The SMILES string of the molecule is Cc1ccc(C(CNC(=O)C2CCN(S(=O)(=O)c3ccccc3C#N)CC2)N2CCCC2)cc1. The average molecular weight is 481 g/mol. The van der Waals surface area contributed by atoms with Crippen LogP contribution in [0.25, 0.3) is 0 Å². The zero-order valence-corrected chi connectivity index (χ0v) is 20.4. The maximum Gasteiger partial charge on any atom is 0.244 e. The van der Waals surface area contributed by atoms with E-state index < -0.39 is 10.0 Å². The maximum atomic E-state index is 13.1. The van der Waals surface area contributed by atoms with E-state index in [1.807, 2.05) is 6.07 Å². The molecule has 8 heteroatoms. The molecule has 34 heavy (non-hydrogen) atoms. The first kappa shape index (κ1) is 24.4. The predicted octanol–water partition coefficient (Wildman–Crippen LogP) is 3.22. The van der Waals surface area contributed by atoms with E-state index >= 15 is 0 Å². The van der Waals surface area contributed by atoms with Crippen molar-refractivity contribution in [2.45, 2.75) is 43.5 Å². The monoisotopic (exact) mass is 480 g/mol. The van der Waals surface area contributed by atoms with Crippen LogP contribution < -0.4 is 5.32 Å². The van der Waals surface area contributed by atoms with Gasteiger partial charge in [-0.1, -0.05) is 42.0 Å². The highest BCUT2D eigenvalue weighted by Crippen LogP contribution is 2.27. The first-order chi connectivity index (χ1) is 16.4. The lowest BCUT2D eigenvalue weighted by atomic mass is 9.96. The van der Waals surface area contributed by atoms with E-state index in [1.54, 1.807) is 12.1 Å². The molecule has 180 valence electrons. The van der Waals surface area contributed by atoms with Gasteiger partial charge in [-0.2, -0.15) is 9.57 Å². The van der Waals surface area contributed by atoms with Gasteiger partial charge in [0.05, 0.1) is 16.5 Å². The number of nitrogens with one attached hydrogen (secondary N) is 1. The Morgan fingerprint density at radius 2 is 1.71 bits per heavy atom. The van der Waals surface area contributed by atoms with Gasteiger partial charge in [-0.05, 0) is 63.4 Å². The molecule has 2 saturated heterocycles. The van der Waals surface area contributed by atoms with Crippen LogP contribution in [0, 0.1) is 24.2 Å². The summed E-state index contributed by atoms with van der Waals surface area (Å²) in [6.07, 6.45) is 3.30. The van der Waals surface area contributed by atoms with Gasteiger partial charge in [0.2, 0.25) is 15.9 Å². The Bertz CT molecular complexity index is 1140. The van der Waals surface area contributed by atoms with Crippen molar-refractivity contribution in [1.82, 2.24) is 14.5 Å². The third-order valence-electron chi connectivity index (χ3n) is 6.96. The third kappa shape index (κ3) is 5.33. The highest BCUT2D eigenvalue weighted by Gasteiger charge is 2.33. The Morgan fingerprint density at radius 1 is 1.06 bits per heavy atom. The first-order valence-corrected chi connectivity index (χ1v) is 13.4. The number of rotatable bonds is 7. The van der Waals surface area contributed by atoms with Gasteiger partial charge in [0, 0.05) is 25.6 Å². The van der Waals surface area contributed by atoms with Crippen LogP contribution in [0.15, 0.2) is 53.4 Å². The van der Waals surface area contributed by atoms with Crippen molar-refractivity contribution >= 4 is 15.9 Å². The zero-order chi connectivity index (χ0) is 24.1. The van der Waals surface area contributed by atoms with Crippen LogP contribution in [-0.2, 0) is 14.8 Å². The van der Waals surface area contributed by atoms with Crippen LogP contribution in [0.3, 0.4) is 0 Å². The summed E-state index contributed by atoms with van der Waals surface area (Å²) >= 11 is 0. The molecule has 0 bridgehead atoms. The van der Waals surface area contributed by atoms with Gasteiger partial charge in [0.1, 0.15) is 6.07 Å². The number of carbonyl (C=O) groups is 1. The molecule has 1 unspecified atom stereocenters. The van der Waals surface area contributed by atoms with E-state index in [2.05, 4.69) is 41.4 Å². The van der Waals surface area contributed by atoms with Crippen LogP contribution in [0.2, 0.25) is 0 Å². The van der Waals surface area contributed by atoms with E-state index in [0.29, 0.717) is 19.4 Å². The second-order valence-electron chi connectivity index (χ2n) is 9.20. The molecule has 2 aliphatic heterocycles. The molecular formula is C26H32N4O3S. The standard InChI is InChI=1S/C26H32N4O3S/c1-20-8-10-21(11-9-20)24(29-14-4-5-15-29)19-28-26(31)22-12-16-30(17-13-22)34(32,33)25-7-3-2-6-23(25)18-27/h2-3,6-11,22,24H,4-5,12-17,19H2,1H3,(H,28,31). The second kappa shape index (κ2) is 10.7. The molecule has 2 fully saturated rings. The molecule has 0 radical (unpaired) electrons. The molecule has 1 atom stereocenters. The van der Waals surface area contributed by atoms with Gasteiger partial charge in [-0.25, -0.2) is 8.42 Å². The molecule has 0 aliphatic carbocycles. The fourth-order valence-corrected chi connectivity index (χ4v) is 6.53. The van der Waals surface area contributed by atoms with Crippen molar-refractivity contribution in [2.75, 3.05) is 32.7 Å². The van der Waals surface area contributed by atoms with Gasteiger partial charge < -0.3 is 5.32 Å². The van der Waals surface area contributed by atoms with Gasteiger partial charge in [0.15, 0.2) is 0 Å². The van der Waals surface area contributed by atoms with Gasteiger partial charge in [-0.15, -0.1) is 0 Å². The lowest BCUT2D eigenvalue weighted by Gasteiger charge is -2.32. The number of nitriles is 1. The van der Waals surface area contributed by atoms with Crippen molar-refractivity contribution in [2.24, 2.45) is 5.92 Å². The summed E-state index contributed by atoms with van der Waals surface area (Å²) in [4.78, 5) is 15.5. The fraction of sp³-hybridized carbons (Fsp3) is 0.462. The summed E-state index contributed by atoms with van der Waals surface area (Å²) in [7, 11) is -3.76. The lowest BCUT2D eigenvalue weighted by molar-refractivity contribution is -0.126. The minimum absolute atomic E-state index is 0.00854. The van der Waals surface area contributed by atoms with Gasteiger partial charge >= 0.3 is 0 Å². The number of nitrogens with zero attached hydrogens (tertiary/aromatic N) is 3. The largest absolute Gasteiger partial charge is 0.354 e. The number of hydrogen-bond donors (Lipinski definition) is 1. The lowest BCUT2D eigenvalue weighted by Crippen LogP contribution is -2.44. The number of sulfonamides is 1. The molecule has 1 amide bonds. The Balaban J connectivity index is 1.36. The van der Waals surface area contributed by atoms with Crippen molar-refractivity contribution < 1.29 is 13.2 Å². The molecule has 2 aliphatic rings. The smallest absolute Gasteiger partial charge is 0.244 e. The molecule has 0 spiro atoms. The number of carbonyl (C=O) groups excluding carboxylic acids is 1. The summed E-state index contributed by atoms with van der Waals surface area (Å²) in [6, 6.07) is 16.9. The average Bonchev–Trinajstić information content (AvgIpc) is 3.40. The molecule has 4 rings (SSSR count). The molecule has 1 N–H and O–H groups in total. The first-order valence-electron chi connectivity index (χ1n) is 12.0. The predicted molar refractivity (Wildman–Crippen MR) is 130 cm³/mol. The van der Waals surface area contributed by atoms with Crippen LogP contribution in [0.1, 0.15) is 48.4 Å². The van der Waals surface area contributed by atoms with Crippen LogP contribution in [0.4, 0.5) is 0 Å². The number of piperidine rings is 1. The quantitative estimate of drug-likeness (QED) is 0.657. The fourth-order valence-electron chi connectivity index (χ4n) is 4.92. The van der Waals surface area contributed by atoms with Gasteiger partial charge in [-0.3, -0.25) is 9.69 Å². The van der Waals surface area contributed by atoms with Crippen LogP contribution >= 0.6 is 0 Å². The number of amides is 1. The van der Waals surface area contributed by atoms with E-state index in [9.17, 15) is 18.5 Å². The number of hydrogen-bond acceptors (Lipinski definition) is 5. The normalized spacial score (nSPS) is 18.9. The molecule has 2 aromatic rings. The molecule has 2 aromatic carbocycles. The summed E-state index contributed by atoms with van der Waals surface area (Å²) in [5.74, 6) is -0.222. The summed E-state index contributed by atoms with van der Waals surface area (Å²) in [5.41, 5.74) is 2.57. The van der Waals surface area contributed by atoms with Crippen LogP contribution in [-0.4, -0.2) is 56.3 Å². The maximum absolute atomic E-state index is 13.1. The van der Waals surface area contributed by atoms with E-state index in [-0.39, 0.29) is 41.4 Å². The Labute approximate surface area is 202 Å². The Hall–Kier alpha value is -2.73. The second-order valence-corrected chi connectivity index (χ2v) is 11.1. The number of aryl methyl sites for hydroxylation is 1. The Morgan fingerprint density at radius 3 is 2.35 bits per heavy atom. The Kier molecular flexibility index (Phi) is 7.67. The summed E-state index contributed by atoms with van der Waals surface area (Å²) in [5, 5.41) is 12.4. The molecular weight excluding hydrogens is 448 g/mol. The van der Waals surface area contributed by atoms with Crippen molar-refractivity contribution in [1.29, 1.82) is 5.26 Å². The minimum atomic E-state index is -3.76. The van der Waals surface area contributed by atoms with E-state index in [4.69, 9.17) is 0 Å². The highest BCUT2D eigenvalue weighted by atomic mass is 32.2. The summed E-state index contributed by atoms with van der Waals surface area (Å²) < 4.78 is 27.5. The van der Waals surface area contributed by atoms with E-state index in [1.165, 1.54) is 40.4 Å². The van der Waals surface area contributed by atoms with Crippen molar-refractivity contribution in [3.05, 3.63) is 65.2 Å². The van der Waals surface area contributed by atoms with E-state index in [0.717, 1.165) is 13.1 Å². The molecule has 7 nitrogen and oxygen atoms in total. The zero-order valence-electron chi connectivity index (χ0n) is 19.6. The summed E-state index contributed by atoms with van der Waals surface area (Å²) in [6.45, 7) is 5.24. The molecule has 2 heterocycles. The van der Waals surface area contributed by atoms with Crippen molar-refractivity contribution in [3.63, 3.8) is 0 Å². The molecule has 0 saturated carbocycles. The number of likely N-dealkylation sites (tertiary alicyclic amines) is 1. The number of benzene rings is 2. The third-order valence-corrected chi connectivity index (χ3v) is 8.92.